The molecule has 5 nitrogen and oxygen atoms in total. The molecule has 0 atom stereocenters. The summed E-state index contributed by atoms with van der Waals surface area (Å²) in [6.45, 7) is 3.95. The molecule has 0 heterocycles. The molecule has 0 aliphatic heterocycles. The summed E-state index contributed by atoms with van der Waals surface area (Å²) in [6.07, 6.45) is 0. The average Bonchev–Trinajstić information content (AvgIpc) is 2.63. The van der Waals surface area contributed by atoms with E-state index in [1.54, 1.807) is 36.4 Å². The van der Waals surface area contributed by atoms with Crippen molar-refractivity contribution in [3.8, 4) is 11.8 Å². The second kappa shape index (κ2) is 9.64. The van der Waals surface area contributed by atoms with Crippen LogP contribution in [0.4, 0.5) is 5.69 Å². The molecule has 2 aromatic carbocycles. The number of hydrogen-bond acceptors (Lipinski definition) is 5. The lowest BCUT2D eigenvalue weighted by Gasteiger charge is -2.11. The largest absolute Gasteiger partial charge is 0.494 e. The van der Waals surface area contributed by atoms with Crippen molar-refractivity contribution >= 4 is 29.1 Å². The van der Waals surface area contributed by atoms with Crippen LogP contribution in [-0.4, -0.2) is 24.1 Å². The molecule has 0 aliphatic carbocycles. The van der Waals surface area contributed by atoms with Crippen molar-refractivity contribution in [2.45, 2.75) is 19.6 Å². The Morgan fingerprint density at radius 1 is 1.23 bits per heavy atom. The quantitative estimate of drug-likeness (QED) is 0.712. The summed E-state index contributed by atoms with van der Waals surface area (Å²) in [6, 6.07) is 14.3. The summed E-state index contributed by atoms with van der Waals surface area (Å²) in [5, 5.41) is 11.8. The number of carbonyl (C=O) groups excluding carboxylic acids is 2. The summed E-state index contributed by atoms with van der Waals surface area (Å²) in [4.78, 5) is 23.7. The number of amides is 1. The number of Topliss-reactive ketones (excluding diaryl/α,β-unsaturated/α-hetero) is 1. The first kappa shape index (κ1) is 19.5. The molecule has 0 radical (unpaired) electrons. The summed E-state index contributed by atoms with van der Waals surface area (Å²) < 4.78 is 5.59. The Morgan fingerprint density at radius 2 is 2.00 bits per heavy atom. The van der Waals surface area contributed by atoms with Crippen LogP contribution in [0.15, 0.2) is 42.5 Å². The number of carbonyl (C=O) groups is 2. The maximum Gasteiger partial charge on any atom is 0.234 e. The van der Waals surface area contributed by atoms with E-state index in [9.17, 15) is 9.59 Å². The summed E-state index contributed by atoms with van der Waals surface area (Å²) in [7, 11) is 0. The van der Waals surface area contributed by atoms with E-state index in [2.05, 4.69) is 11.4 Å². The minimum atomic E-state index is -0.182. The Hall–Kier alpha value is -2.78. The SMILES string of the molecule is CCOc1ccc(C(C)=O)cc1CSCC(=O)Nc1ccccc1C#N. The lowest BCUT2D eigenvalue weighted by Crippen LogP contribution is -2.15. The van der Waals surface area contributed by atoms with Gasteiger partial charge in [-0.3, -0.25) is 9.59 Å². The molecular weight excluding hydrogens is 348 g/mol. The maximum atomic E-state index is 12.1. The fourth-order valence-corrected chi connectivity index (χ4v) is 3.14. The fourth-order valence-electron chi connectivity index (χ4n) is 2.34. The summed E-state index contributed by atoms with van der Waals surface area (Å²) in [5.74, 6) is 1.31. The monoisotopic (exact) mass is 368 g/mol. The van der Waals surface area contributed by atoms with Crippen LogP contribution in [0.3, 0.4) is 0 Å². The number of thioether (sulfide) groups is 1. The van der Waals surface area contributed by atoms with E-state index < -0.39 is 0 Å². The van der Waals surface area contributed by atoms with Crippen molar-refractivity contribution in [2.24, 2.45) is 0 Å². The van der Waals surface area contributed by atoms with Gasteiger partial charge in [0.05, 0.1) is 23.6 Å². The molecule has 0 saturated carbocycles. The number of ketones is 1. The number of nitrogens with zero attached hydrogens (tertiary/aromatic N) is 1. The highest BCUT2D eigenvalue weighted by molar-refractivity contribution is 7.99. The Kier molecular flexibility index (Phi) is 7.24. The van der Waals surface area contributed by atoms with Gasteiger partial charge in [0.1, 0.15) is 11.8 Å². The van der Waals surface area contributed by atoms with E-state index in [4.69, 9.17) is 10.00 Å². The molecule has 1 amide bonds. The summed E-state index contributed by atoms with van der Waals surface area (Å²) >= 11 is 1.42. The van der Waals surface area contributed by atoms with Gasteiger partial charge in [-0.05, 0) is 44.2 Å². The van der Waals surface area contributed by atoms with Crippen LogP contribution in [-0.2, 0) is 10.5 Å². The van der Waals surface area contributed by atoms with Crippen molar-refractivity contribution in [3.05, 3.63) is 59.2 Å². The molecule has 2 aromatic rings. The number of nitriles is 1. The minimum absolute atomic E-state index is 0.00912. The highest BCUT2D eigenvalue weighted by atomic mass is 32.2. The fraction of sp³-hybridized carbons (Fsp3) is 0.250. The van der Waals surface area contributed by atoms with Crippen LogP contribution < -0.4 is 10.1 Å². The Morgan fingerprint density at radius 3 is 2.69 bits per heavy atom. The van der Waals surface area contributed by atoms with Crippen molar-refractivity contribution < 1.29 is 14.3 Å². The van der Waals surface area contributed by atoms with E-state index in [1.165, 1.54) is 18.7 Å². The van der Waals surface area contributed by atoms with E-state index in [1.807, 2.05) is 13.0 Å². The van der Waals surface area contributed by atoms with Gasteiger partial charge in [-0.2, -0.15) is 5.26 Å². The van der Waals surface area contributed by atoms with Crippen molar-refractivity contribution in [3.63, 3.8) is 0 Å². The average molecular weight is 368 g/mol. The Labute approximate surface area is 157 Å². The Balaban J connectivity index is 1.98. The number of ether oxygens (including phenoxy) is 1. The third-order valence-corrected chi connectivity index (χ3v) is 4.56. The van der Waals surface area contributed by atoms with Crippen LogP contribution in [0.2, 0.25) is 0 Å². The third kappa shape index (κ3) is 5.36. The zero-order valence-electron chi connectivity index (χ0n) is 14.7. The van der Waals surface area contributed by atoms with E-state index in [0.717, 1.165) is 11.3 Å². The standard InChI is InChI=1S/C20H20N2O3S/c1-3-25-19-9-8-15(14(2)23)10-17(19)12-26-13-20(24)22-18-7-5-4-6-16(18)11-21/h4-10H,3,12-13H2,1-2H3,(H,22,24). The molecular formula is C20H20N2O3S. The molecule has 134 valence electrons. The van der Waals surface area contributed by atoms with Gasteiger partial charge in [0.2, 0.25) is 5.91 Å². The van der Waals surface area contributed by atoms with Crippen LogP contribution in [0, 0.1) is 11.3 Å². The second-order valence-electron chi connectivity index (χ2n) is 5.51. The Bertz CT molecular complexity index is 843. The van der Waals surface area contributed by atoms with E-state index in [0.29, 0.717) is 29.2 Å². The number of para-hydroxylation sites is 1. The van der Waals surface area contributed by atoms with Crippen molar-refractivity contribution in [1.82, 2.24) is 0 Å². The minimum Gasteiger partial charge on any atom is -0.494 e. The van der Waals surface area contributed by atoms with Crippen LogP contribution in [0.5, 0.6) is 5.75 Å². The molecule has 0 aromatic heterocycles. The third-order valence-electron chi connectivity index (χ3n) is 3.58. The van der Waals surface area contributed by atoms with Gasteiger partial charge in [-0.1, -0.05) is 12.1 Å². The molecule has 0 fully saturated rings. The first-order chi connectivity index (χ1) is 12.5. The summed E-state index contributed by atoms with van der Waals surface area (Å²) in [5.41, 5.74) is 2.44. The van der Waals surface area contributed by atoms with Gasteiger partial charge in [0.15, 0.2) is 5.78 Å². The number of hydrogen-bond donors (Lipinski definition) is 1. The smallest absolute Gasteiger partial charge is 0.234 e. The van der Waals surface area contributed by atoms with E-state index in [-0.39, 0.29) is 17.4 Å². The number of rotatable bonds is 8. The molecule has 0 spiro atoms. The van der Waals surface area contributed by atoms with Crippen LogP contribution >= 0.6 is 11.8 Å². The molecule has 2 rings (SSSR count). The van der Waals surface area contributed by atoms with E-state index >= 15 is 0 Å². The van der Waals surface area contributed by atoms with Crippen LogP contribution in [0.1, 0.15) is 35.3 Å². The molecule has 6 heteroatoms. The maximum absolute atomic E-state index is 12.1. The van der Waals surface area contributed by atoms with Gasteiger partial charge in [-0.15, -0.1) is 11.8 Å². The first-order valence-corrected chi connectivity index (χ1v) is 9.34. The van der Waals surface area contributed by atoms with Gasteiger partial charge in [0, 0.05) is 16.9 Å². The predicted octanol–water partition coefficient (Wildman–Crippen LogP) is 4.03. The molecule has 26 heavy (non-hydrogen) atoms. The highest BCUT2D eigenvalue weighted by Gasteiger charge is 2.10. The first-order valence-electron chi connectivity index (χ1n) is 8.18. The van der Waals surface area contributed by atoms with Crippen molar-refractivity contribution in [2.75, 3.05) is 17.7 Å². The number of benzene rings is 2. The molecule has 0 bridgehead atoms. The zero-order valence-corrected chi connectivity index (χ0v) is 15.6. The van der Waals surface area contributed by atoms with Gasteiger partial charge < -0.3 is 10.1 Å². The van der Waals surface area contributed by atoms with Crippen LogP contribution in [0.25, 0.3) is 0 Å². The van der Waals surface area contributed by atoms with Gasteiger partial charge in [0.25, 0.3) is 0 Å². The lowest BCUT2D eigenvalue weighted by atomic mass is 10.1. The van der Waals surface area contributed by atoms with Gasteiger partial charge >= 0.3 is 0 Å². The number of nitrogens with one attached hydrogen (secondary N) is 1. The normalized spacial score (nSPS) is 10.0. The number of anilines is 1. The molecule has 1 N–H and O–H groups in total. The topological polar surface area (TPSA) is 79.2 Å². The second-order valence-corrected chi connectivity index (χ2v) is 6.50. The molecule has 0 aliphatic rings. The predicted molar refractivity (Wildman–Crippen MR) is 104 cm³/mol. The molecule has 0 saturated heterocycles. The van der Waals surface area contributed by atoms with Crippen molar-refractivity contribution in [1.29, 1.82) is 5.26 Å². The lowest BCUT2D eigenvalue weighted by molar-refractivity contribution is -0.113. The van der Waals surface area contributed by atoms with Gasteiger partial charge in [-0.25, -0.2) is 0 Å². The zero-order chi connectivity index (χ0) is 18.9. The molecule has 0 unspecified atom stereocenters. The highest BCUT2D eigenvalue weighted by Crippen LogP contribution is 2.25.